The van der Waals surface area contributed by atoms with E-state index < -0.39 is 0 Å². The molecule has 0 bridgehead atoms. The van der Waals surface area contributed by atoms with Crippen LogP contribution in [0.5, 0.6) is 0 Å². The molecule has 2 aromatic carbocycles. The fourth-order valence-corrected chi connectivity index (χ4v) is 2.23. The van der Waals surface area contributed by atoms with E-state index in [0.29, 0.717) is 11.1 Å². The molecule has 2 aromatic rings. The van der Waals surface area contributed by atoms with Crippen molar-refractivity contribution in [2.24, 2.45) is 5.92 Å². The SMILES string of the molecule is CC(C)[C@@H](NC(=O)c1ccc(C#N)cc1)c1ccc(F)cc1. The number of nitrogens with zero attached hydrogens (tertiary/aromatic N) is 1. The molecule has 0 spiro atoms. The Bertz CT molecular complexity index is 685. The molecule has 0 radical (unpaired) electrons. The van der Waals surface area contributed by atoms with Crippen LogP contribution in [0.1, 0.15) is 41.4 Å². The van der Waals surface area contributed by atoms with Gasteiger partial charge in [-0.05, 0) is 47.9 Å². The van der Waals surface area contributed by atoms with E-state index in [1.165, 1.54) is 12.1 Å². The van der Waals surface area contributed by atoms with Crippen molar-refractivity contribution < 1.29 is 9.18 Å². The molecule has 0 aliphatic rings. The second kappa shape index (κ2) is 6.86. The number of hydrogen-bond acceptors (Lipinski definition) is 2. The van der Waals surface area contributed by atoms with Crippen molar-refractivity contribution in [3.8, 4) is 6.07 Å². The summed E-state index contributed by atoms with van der Waals surface area (Å²) in [4.78, 5) is 12.3. The molecule has 1 atom stereocenters. The predicted octanol–water partition coefficient (Wildman–Crippen LogP) is 3.82. The monoisotopic (exact) mass is 296 g/mol. The highest BCUT2D eigenvalue weighted by Crippen LogP contribution is 2.22. The summed E-state index contributed by atoms with van der Waals surface area (Å²) in [5, 5.41) is 11.7. The lowest BCUT2D eigenvalue weighted by atomic mass is 9.95. The van der Waals surface area contributed by atoms with Crippen LogP contribution < -0.4 is 5.32 Å². The Morgan fingerprint density at radius 3 is 2.18 bits per heavy atom. The van der Waals surface area contributed by atoms with Gasteiger partial charge in [0.2, 0.25) is 0 Å². The molecule has 0 unspecified atom stereocenters. The van der Waals surface area contributed by atoms with E-state index in [-0.39, 0.29) is 23.7 Å². The molecule has 0 aromatic heterocycles. The molecular formula is C18H17FN2O. The van der Waals surface area contributed by atoms with Crippen LogP contribution in [0.4, 0.5) is 4.39 Å². The first-order valence-corrected chi connectivity index (χ1v) is 7.07. The molecule has 3 nitrogen and oxygen atoms in total. The van der Waals surface area contributed by atoms with Crippen LogP contribution in [0.15, 0.2) is 48.5 Å². The summed E-state index contributed by atoms with van der Waals surface area (Å²) in [5.74, 6) is -0.356. The van der Waals surface area contributed by atoms with Gasteiger partial charge in [-0.2, -0.15) is 5.26 Å². The molecule has 22 heavy (non-hydrogen) atoms. The number of amides is 1. The summed E-state index contributed by atoms with van der Waals surface area (Å²) in [6.45, 7) is 3.99. The van der Waals surface area contributed by atoms with Crippen molar-refractivity contribution in [2.45, 2.75) is 19.9 Å². The molecule has 0 saturated heterocycles. The summed E-state index contributed by atoms with van der Waals surface area (Å²) in [7, 11) is 0. The van der Waals surface area contributed by atoms with Gasteiger partial charge in [-0.25, -0.2) is 4.39 Å². The number of benzene rings is 2. The smallest absolute Gasteiger partial charge is 0.251 e. The summed E-state index contributed by atoms with van der Waals surface area (Å²) >= 11 is 0. The van der Waals surface area contributed by atoms with E-state index in [9.17, 15) is 9.18 Å². The van der Waals surface area contributed by atoms with E-state index >= 15 is 0 Å². The van der Waals surface area contributed by atoms with Gasteiger partial charge >= 0.3 is 0 Å². The second-order valence-corrected chi connectivity index (χ2v) is 5.44. The molecule has 2 rings (SSSR count). The standard InChI is InChI=1S/C18H17FN2O/c1-12(2)17(14-7-9-16(19)10-8-14)21-18(22)15-5-3-13(11-20)4-6-15/h3-10,12,17H,1-2H3,(H,21,22)/t17-/m1/s1. The maximum atomic E-state index is 13.0. The highest BCUT2D eigenvalue weighted by atomic mass is 19.1. The van der Waals surface area contributed by atoms with Crippen LogP contribution >= 0.6 is 0 Å². The van der Waals surface area contributed by atoms with E-state index in [1.54, 1.807) is 36.4 Å². The third-order valence-electron chi connectivity index (χ3n) is 3.46. The fourth-order valence-electron chi connectivity index (χ4n) is 2.23. The van der Waals surface area contributed by atoms with E-state index in [4.69, 9.17) is 5.26 Å². The molecule has 112 valence electrons. The van der Waals surface area contributed by atoms with Crippen LogP contribution in [-0.4, -0.2) is 5.91 Å². The van der Waals surface area contributed by atoms with Gasteiger partial charge in [-0.15, -0.1) is 0 Å². The average molecular weight is 296 g/mol. The third kappa shape index (κ3) is 3.70. The zero-order valence-electron chi connectivity index (χ0n) is 12.5. The van der Waals surface area contributed by atoms with E-state index in [1.807, 2.05) is 19.9 Å². The molecular weight excluding hydrogens is 279 g/mol. The largest absolute Gasteiger partial charge is 0.345 e. The van der Waals surface area contributed by atoms with Crippen molar-refractivity contribution in [1.29, 1.82) is 5.26 Å². The maximum absolute atomic E-state index is 13.0. The molecule has 4 heteroatoms. The number of hydrogen-bond donors (Lipinski definition) is 1. The zero-order chi connectivity index (χ0) is 16.1. The Kier molecular flexibility index (Phi) is 4.90. The Morgan fingerprint density at radius 2 is 1.68 bits per heavy atom. The molecule has 0 aliphatic carbocycles. The van der Waals surface area contributed by atoms with Gasteiger partial charge in [0.05, 0.1) is 17.7 Å². The van der Waals surface area contributed by atoms with Crippen molar-refractivity contribution in [3.63, 3.8) is 0 Å². The Labute approximate surface area is 129 Å². The Hall–Kier alpha value is -2.67. The van der Waals surface area contributed by atoms with Gasteiger partial charge in [-0.3, -0.25) is 4.79 Å². The summed E-state index contributed by atoms with van der Waals surface area (Å²) in [6.07, 6.45) is 0. The van der Waals surface area contributed by atoms with Crippen LogP contribution in [-0.2, 0) is 0 Å². The van der Waals surface area contributed by atoms with Gasteiger partial charge in [0.25, 0.3) is 5.91 Å². The third-order valence-corrected chi connectivity index (χ3v) is 3.46. The van der Waals surface area contributed by atoms with Gasteiger partial charge in [0, 0.05) is 5.56 Å². The lowest BCUT2D eigenvalue weighted by molar-refractivity contribution is 0.0925. The quantitative estimate of drug-likeness (QED) is 0.932. The van der Waals surface area contributed by atoms with Crippen molar-refractivity contribution >= 4 is 5.91 Å². The minimum absolute atomic E-state index is 0.160. The molecule has 0 fully saturated rings. The average Bonchev–Trinajstić information content (AvgIpc) is 2.53. The first kappa shape index (κ1) is 15.7. The predicted molar refractivity (Wildman–Crippen MR) is 82.6 cm³/mol. The van der Waals surface area contributed by atoms with Gasteiger partial charge in [0.15, 0.2) is 0 Å². The minimum atomic E-state index is -0.301. The van der Waals surface area contributed by atoms with Crippen LogP contribution in [0, 0.1) is 23.1 Å². The topological polar surface area (TPSA) is 52.9 Å². The summed E-state index contributed by atoms with van der Waals surface area (Å²) in [6, 6.07) is 14.4. The number of rotatable bonds is 4. The van der Waals surface area contributed by atoms with Gasteiger partial charge in [0.1, 0.15) is 5.82 Å². The lowest BCUT2D eigenvalue weighted by Gasteiger charge is -2.23. The normalized spacial score (nSPS) is 11.8. The van der Waals surface area contributed by atoms with Gasteiger partial charge < -0.3 is 5.32 Å². The highest BCUT2D eigenvalue weighted by molar-refractivity contribution is 5.94. The van der Waals surface area contributed by atoms with Crippen molar-refractivity contribution in [2.75, 3.05) is 0 Å². The first-order chi connectivity index (χ1) is 10.5. The maximum Gasteiger partial charge on any atom is 0.251 e. The minimum Gasteiger partial charge on any atom is -0.345 e. The molecule has 1 N–H and O–H groups in total. The number of carbonyl (C=O) groups is 1. The Morgan fingerprint density at radius 1 is 1.09 bits per heavy atom. The number of carbonyl (C=O) groups excluding carboxylic acids is 1. The molecule has 0 saturated carbocycles. The van der Waals surface area contributed by atoms with Crippen molar-refractivity contribution in [1.82, 2.24) is 5.32 Å². The Balaban J connectivity index is 2.18. The van der Waals surface area contributed by atoms with Crippen LogP contribution in [0.2, 0.25) is 0 Å². The zero-order valence-corrected chi connectivity index (χ0v) is 12.5. The number of halogens is 1. The van der Waals surface area contributed by atoms with Crippen LogP contribution in [0.25, 0.3) is 0 Å². The number of nitriles is 1. The molecule has 0 aliphatic heterocycles. The van der Waals surface area contributed by atoms with E-state index in [2.05, 4.69) is 5.32 Å². The lowest BCUT2D eigenvalue weighted by Crippen LogP contribution is -2.31. The first-order valence-electron chi connectivity index (χ1n) is 7.07. The van der Waals surface area contributed by atoms with Crippen molar-refractivity contribution in [3.05, 3.63) is 71.0 Å². The van der Waals surface area contributed by atoms with Gasteiger partial charge in [-0.1, -0.05) is 26.0 Å². The van der Waals surface area contributed by atoms with E-state index in [0.717, 1.165) is 5.56 Å². The fraction of sp³-hybridized carbons (Fsp3) is 0.222. The molecule has 0 heterocycles. The summed E-state index contributed by atoms with van der Waals surface area (Å²) < 4.78 is 13.0. The molecule has 1 amide bonds. The summed E-state index contributed by atoms with van der Waals surface area (Å²) in [5.41, 5.74) is 1.86. The second-order valence-electron chi connectivity index (χ2n) is 5.44. The number of nitrogens with one attached hydrogen (secondary N) is 1. The highest BCUT2D eigenvalue weighted by Gasteiger charge is 2.19. The van der Waals surface area contributed by atoms with Crippen LogP contribution in [0.3, 0.4) is 0 Å².